The van der Waals surface area contributed by atoms with Crippen LogP contribution in [-0.4, -0.2) is 63.5 Å². The topological polar surface area (TPSA) is 141 Å². The lowest BCUT2D eigenvalue weighted by Gasteiger charge is -2.15. The highest BCUT2D eigenvalue weighted by Crippen LogP contribution is 2.23. The number of hydrogen-bond donors (Lipinski definition) is 0. The van der Waals surface area contributed by atoms with Gasteiger partial charge in [0.05, 0.1) is 7.11 Å². The van der Waals surface area contributed by atoms with Gasteiger partial charge in [-0.2, -0.15) is 0 Å². The standard InChI is InChI=1S/C32H60O7P.C32H56O4/c1-4-6-8-10-12-13-14-15-16-17-18-19-21-22-24-26-31(33)37-28-30(29-38-40(35)36-3)39-32(34)27-25-23-20-11-9-7-5-2;1-3-5-7-9-11-13-14-15-16-17-18-20-22-24-26-28-32(34)36-30-29-35-31(33)27-25-23-21-19-12-10-8-6-4-2/h5,30H,2,4,6-29H2,1,3H3;6,8,11,13,15-16H,3-5,7,9-10,12,14,17-30H2,1-2H3/q+1;/b;8-6+,13-11+,16-15+/t30-;/m1./s1. The van der Waals surface area contributed by atoms with E-state index in [1.165, 1.54) is 142 Å². The van der Waals surface area contributed by atoms with Gasteiger partial charge in [0.1, 0.15) is 26.4 Å². The van der Waals surface area contributed by atoms with Crippen LogP contribution in [0.25, 0.3) is 0 Å². The molecule has 0 aromatic rings. The third-order valence-electron chi connectivity index (χ3n) is 13.1. The molecule has 0 saturated carbocycles. The zero-order chi connectivity index (χ0) is 55.9. The van der Waals surface area contributed by atoms with Gasteiger partial charge in [-0.05, 0) is 89.9 Å². The van der Waals surface area contributed by atoms with E-state index in [9.17, 15) is 23.7 Å². The minimum atomic E-state index is -2.30. The van der Waals surface area contributed by atoms with Gasteiger partial charge in [0.25, 0.3) is 0 Å². The number of rotatable bonds is 57. The minimum Gasteiger partial charge on any atom is -0.462 e. The Balaban J connectivity index is 0. The van der Waals surface area contributed by atoms with E-state index in [1.807, 2.05) is 6.08 Å². The van der Waals surface area contributed by atoms with Crippen LogP contribution in [0.1, 0.15) is 297 Å². The van der Waals surface area contributed by atoms with Gasteiger partial charge in [-0.15, -0.1) is 15.6 Å². The third-order valence-corrected chi connectivity index (χ3v) is 13.8. The van der Waals surface area contributed by atoms with Gasteiger partial charge in [0.15, 0.2) is 6.10 Å². The first kappa shape index (κ1) is 74.9. The van der Waals surface area contributed by atoms with E-state index in [0.29, 0.717) is 25.7 Å². The predicted octanol–water partition coefficient (Wildman–Crippen LogP) is 19.5. The van der Waals surface area contributed by atoms with Crippen molar-refractivity contribution in [3.8, 4) is 0 Å². The van der Waals surface area contributed by atoms with Crippen LogP contribution in [0.15, 0.2) is 49.1 Å². The molecular formula is C64H116O11P+. The number of carbonyl (C=O) groups excluding carboxylic acids is 4. The fourth-order valence-corrected chi connectivity index (χ4v) is 8.82. The quantitative estimate of drug-likeness (QED) is 0.0189. The van der Waals surface area contributed by atoms with Gasteiger partial charge in [-0.1, -0.05) is 224 Å². The van der Waals surface area contributed by atoms with E-state index in [1.54, 1.807) is 0 Å². The van der Waals surface area contributed by atoms with E-state index < -0.39 is 14.4 Å². The van der Waals surface area contributed by atoms with Crippen LogP contribution >= 0.6 is 8.25 Å². The summed E-state index contributed by atoms with van der Waals surface area (Å²) in [6.45, 7) is 10.4. The van der Waals surface area contributed by atoms with Gasteiger partial charge in [0, 0.05) is 30.2 Å². The molecule has 76 heavy (non-hydrogen) atoms. The first-order valence-electron chi connectivity index (χ1n) is 31.1. The molecule has 0 bridgehead atoms. The Morgan fingerprint density at radius 2 is 0.750 bits per heavy atom. The highest BCUT2D eigenvalue weighted by atomic mass is 31.1. The maximum atomic E-state index is 12.2. The van der Waals surface area contributed by atoms with E-state index in [0.717, 1.165) is 116 Å². The molecule has 0 heterocycles. The average molecular weight is 1090 g/mol. The summed E-state index contributed by atoms with van der Waals surface area (Å²) in [4.78, 5) is 48.0. The Hall–Kier alpha value is -3.14. The van der Waals surface area contributed by atoms with Crippen molar-refractivity contribution in [3.63, 3.8) is 0 Å². The number of hydrogen-bond acceptors (Lipinski definition) is 11. The first-order valence-corrected chi connectivity index (χ1v) is 32.2. The molecule has 0 rings (SSSR count). The summed E-state index contributed by atoms with van der Waals surface area (Å²) >= 11 is 0. The zero-order valence-electron chi connectivity index (χ0n) is 49.5. The van der Waals surface area contributed by atoms with Crippen molar-refractivity contribution >= 4 is 32.1 Å². The molecule has 11 nitrogen and oxygen atoms in total. The molecule has 12 heteroatoms. The van der Waals surface area contributed by atoms with Gasteiger partial charge < -0.3 is 18.9 Å². The van der Waals surface area contributed by atoms with Gasteiger partial charge >= 0.3 is 32.1 Å². The number of unbranched alkanes of at least 4 members (excludes halogenated alkanes) is 32. The van der Waals surface area contributed by atoms with Crippen LogP contribution in [-0.2, 0) is 51.7 Å². The van der Waals surface area contributed by atoms with E-state index in [2.05, 4.69) is 68.3 Å². The van der Waals surface area contributed by atoms with Crippen LogP contribution in [0.5, 0.6) is 0 Å². The summed E-state index contributed by atoms with van der Waals surface area (Å²) in [5, 5.41) is 0. The van der Waals surface area contributed by atoms with Crippen molar-refractivity contribution in [1.29, 1.82) is 0 Å². The van der Waals surface area contributed by atoms with Crippen LogP contribution in [0.2, 0.25) is 0 Å². The molecular weight excluding hydrogens is 976 g/mol. The molecule has 0 aliphatic rings. The van der Waals surface area contributed by atoms with Crippen molar-refractivity contribution in [2.45, 2.75) is 303 Å². The lowest BCUT2D eigenvalue weighted by atomic mass is 10.0. The van der Waals surface area contributed by atoms with Crippen molar-refractivity contribution in [2.24, 2.45) is 0 Å². The minimum absolute atomic E-state index is 0.113. The Kier molecular flexibility index (Phi) is 63.5. The monoisotopic (exact) mass is 1090 g/mol. The normalized spacial score (nSPS) is 12.0. The van der Waals surface area contributed by atoms with Crippen LogP contribution in [0, 0.1) is 0 Å². The number of esters is 4. The summed E-state index contributed by atoms with van der Waals surface area (Å²) < 4.78 is 42.3. The molecule has 0 aromatic carbocycles. The van der Waals surface area contributed by atoms with Crippen LogP contribution in [0.4, 0.5) is 0 Å². The third kappa shape index (κ3) is 63.4. The molecule has 0 saturated heterocycles. The summed E-state index contributed by atoms with van der Waals surface area (Å²) in [5.41, 5.74) is 0. The molecule has 0 aromatic heterocycles. The zero-order valence-corrected chi connectivity index (χ0v) is 50.4. The lowest BCUT2D eigenvalue weighted by molar-refractivity contribution is -0.161. The van der Waals surface area contributed by atoms with Gasteiger partial charge in [0.2, 0.25) is 0 Å². The largest absolute Gasteiger partial charge is 0.697 e. The molecule has 0 radical (unpaired) electrons. The Labute approximate surface area is 467 Å². The number of carbonyl (C=O) groups is 4. The Morgan fingerprint density at radius 1 is 0.408 bits per heavy atom. The molecule has 0 amide bonds. The van der Waals surface area contributed by atoms with Crippen molar-refractivity contribution in [3.05, 3.63) is 49.1 Å². The van der Waals surface area contributed by atoms with Crippen molar-refractivity contribution in [2.75, 3.05) is 33.5 Å². The Morgan fingerprint density at radius 3 is 1.16 bits per heavy atom. The molecule has 0 fully saturated rings. The molecule has 0 aliphatic heterocycles. The summed E-state index contributed by atoms with van der Waals surface area (Å²) in [7, 11) is -1.03. The summed E-state index contributed by atoms with van der Waals surface area (Å²) in [6.07, 6.45) is 62.0. The van der Waals surface area contributed by atoms with Crippen LogP contribution < -0.4 is 0 Å². The van der Waals surface area contributed by atoms with E-state index >= 15 is 0 Å². The number of allylic oxidation sites excluding steroid dienone is 7. The smallest absolute Gasteiger partial charge is 0.462 e. The predicted molar refractivity (Wildman–Crippen MR) is 316 cm³/mol. The highest BCUT2D eigenvalue weighted by molar-refractivity contribution is 7.33. The maximum Gasteiger partial charge on any atom is 0.697 e. The second kappa shape index (κ2) is 64.4. The van der Waals surface area contributed by atoms with Gasteiger partial charge in [-0.3, -0.25) is 19.2 Å². The molecule has 442 valence electrons. The molecule has 2 atom stereocenters. The second-order valence-corrected chi connectivity index (χ2v) is 21.5. The van der Waals surface area contributed by atoms with E-state index in [4.69, 9.17) is 23.5 Å². The van der Waals surface area contributed by atoms with Crippen LogP contribution in [0.3, 0.4) is 0 Å². The molecule has 0 spiro atoms. The second-order valence-electron chi connectivity index (χ2n) is 20.4. The van der Waals surface area contributed by atoms with E-state index in [-0.39, 0.29) is 50.3 Å². The molecule has 0 N–H and O–H groups in total. The summed E-state index contributed by atoms with van der Waals surface area (Å²) in [5.74, 6) is -1.06. The average Bonchev–Trinajstić information content (AvgIpc) is 3.42. The highest BCUT2D eigenvalue weighted by Gasteiger charge is 2.25. The SMILES string of the molecule is C=CCCCCCCCC(=O)O[C@H](COC(=O)CCCCCCCCCCCCCCCCC)CO[P+](=O)OC.CC/C=C/CCCCCCCC(=O)OCCOC(=O)CCCCCCC/C=C/C/C=C/CCCCC. The Bertz CT molecular complexity index is 1410. The summed E-state index contributed by atoms with van der Waals surface area (Å²) in [6, 6.07) is 0. The molecule has 1 unspecified atom stereocenters. The van der Waals surface area contributed by atoms with Crippen molar-refractivity contribution in [1.82, 2.24) is 0 Å². The number of ether oxygens (including phenoxy) is 4. The van der Waals surface area contributed by atoms with Gasteiger partial charge in [-0.25, -0.2) is 0 Å². The molecule has 0 aliphatic carbocycles. The fourth-order valence-electron chi connectivity index (χ4n) is 8.43. The lowest BCUT2D eigenvalue weighted by Crippen LogP contribution is -2.29. The van der Waals surface area contributed by atoms with Crippen molar-refractivity contribution < 1.29 is 51.7 Å². The maximum absolute atomic E-state index is 12.2. The fraction of sp³-hybridized carbons (Fsp3) is 0.812. The first-order chi connectivity index (χ1) is 37.2.